The Bertz CT molecular complexity index is 445. The minimum Gasteiger partial charge on any atom is -0.387 e. The first-order valence-corrected chi connectivity index (χ1v) is 6.69. The van der Waals surface area contributed by atoms with Crippen molar-refractivity contribution in [1.82, 2.24) is 4.98 Å². The van der Waals surface area contributed by atoms with Gasteiger partial charge < -0.3 is 15.7 Å². The van der Waals surface area contributed by atoms with Crippen molar-refractivity contribution in [2.24, 2.45) is 11.7 Å². The van der Waals surface area contributed by atoms with E-state index >= 15 is 0 Å². The third kappa shape index (κ3) is 3.04. The normalized spacial score (nSPS) is 25.1. The molecule has 1 saturated heterocycles. The van der Waals surface area contributed by atoms with E-state index in [1.54, 1.807) is 13.1 Å². The fourth-order valence-corrected chi connectivity index (χ4v) is 2.51. The summed E-state index contributed by atoms with van der Waals surface area (Å²) in [6, 6.07) is 4.13. The molecule has 1 aromatic rings. The Morgan fingerprint density at radius 1 is 1.53 bits per heavy atom. The number of pyridine rings is 1. The van der Waals surface area contributed by atoms with Gasteiger partial charge in [-0.25, -0.2) is 0 Å². The van der Waals surface area contributed by atoms with Crippen molar-refractivity contribution >= 4 is 11.6 Å². The van der Waals surface area contributed by atoms with E-state index in [-0.39, 0.29) is 11.8 Å². The zero-order valence-corrected chi connectivity index (χ0v) is 11.4. The van der Waals surface area contributed by atoms with Gasteiger partial charge in [0.15, 0.2) is 0 Å². The van der Waals surface area contributed by atoms with Gasteiger partial charge in [0.1, 0.15) is 0 Å². The van der Waals surface area contributed by atoms with Crippen LogP contribution in [0.5, 0.6) is 0 Å². The summed E-state index contributed by atoms with van der Waals surface area (Å²) in [5, 5.41) is 9.45. The highest BCUT2D eigenvalue weighted by molar-refractivity contribution is 5.77. The molecule has 0 saturated carbocycles. The summed E-state index contributed by atoms with van der Waals surface area (Å²) >= 11 is 0. The van der Waals surface area contributed by atoms with Crippen LogP contribution in [0.4, 0.5) is 5.69 Å². The van der Waals surface area contributed by atoms with Crippen LogP contribution >= 0.6 is 0 Å². The topological polar surface area (TPSA) is 79.5 Å². The van der Waals surface area contributed by atoms with Crippen LogP contribution in [0.15, 0.2) is 18.3 Å². The molecule has 5 nitrogen and oxygen atoms in total. The SMILES string of the molecule is CC1CCC(C(N)=O)CN1c1ccc([C@@H](C)O)nc1. The van der Waals surface area contributed by atoms with Crippen molar-refractivity contribution in [1.29, 1.82) is 0 Å². The summed E-state index contributed by atoms with van der Waals surface area (Å²) in [6.45, 7) is 4.47. The highest BCUT2D eigenvalue weighted by atomic mass is 16.3. The molecule has 3 N–H and O–H groups in total. The second kappa shape index (κ2) is 5.57. The van der Waals surface area contributed by atoms with Crippen LogP contribution in [0, 0.1) is 5.92 Å². The van der Waals surface area contributed by atoms with Crippen molar-refractivity contribution in [2.75, 3.05) is 11.4 Å². The molecule has 19 heavy (non-hydrogen) atoms. The largest absolute Gasteiger partial charge is 0.387 e. The Hall–Kier alpha value is -1.62. The van der Waals surface area contributed by atoms with E-state index in [1.807, 2.05) is 12.1 Å². The molecule has 3 atom stereocenters. The Morgan fingerprint density at radius 3 is 2.79 bits per heavy atom. The molecule has 0 spiro atoms. The predicted octanol–water partition coefficient (Wildman–Crippen LogP) is 1.23. The first-order valence-electron chi connectivity index (χ1n) is 6.69. The minimum absolute atomic E-state index is 0.0901. The number of carbonyl (C=O) groups excluding carboxylic acids is 1. The summed E-state index contributed by atoms with van der Waals surface area (Å²) in [5.41, 5.74) is 7.03. The molecule has 0 bridgehead atoms. The van der Waals surface area contributed by atoms with Crippen molar-refractivity contribution < 1.29 is 9.90 Å². The molecule has 1 amide bonds. The lowest BCUT2D eigenvalue weighted by atomic mass is 9.92. The zero-order valence-electron chi connectivity index (χ0n) is 11.4. The maximum Gasteiger partial charge on any atom is 0.222 e. The van der Waals surface area contributed by atoms with Crippen LogP contribution in [-0.4, -0.2) is 28.6 Å². The number of piperidine rings is 1. The van der Waals surface area contributed by atoms with E-state index in [1.165, 1.54) is 0 Å². The number of rotatable bonds is 3. The number of nitrogens with zero attached hydrogens (tertiary/aromatic N) is 2. The smallest absolute Gasteiger partial charge is 0.222 e. The van der Waals surface area contributed by atoms with Crippen LogP contribution in [-0.2, 0) is 4.79 Å². The van der Waals surface area contributed by atoms with Crippen LogP contribution in [0.1, 0.15) is 38.5 Å². The second-order valence-corrected chi connectivity index (χ2v) is 5.30. The van der Waals surface area contributed by atoms with Crippen LogP contribution in [0.2, 0.25) is 0 Å². The first kappa shape index (κ1) is 13.8. The van der Waals surface area contributed by atoms with E-state index in [0.29, 0.717) is 18.3 Å². The number of primary amides is 1. The number of anilines is 1. The average Bonchev–Trinajstić information content (AvgIpc) is 2.39. The van der Waals surface area contributed by atoms with Crippen LogP contribution in [0.3, 0.4) is 0 Å². The number of hydrogen-bond acceptors (Lipinski definition) is 4. The monoisotopic (exact) mass is 263 g/mol. The Kier molecular flexibility index (Phi) is 4.04. The second-order valence-electron chi connectivity index (χ2n) is 5.30. The summed E-state index contributed by atoms with van der Waals surface area (Å²) in [6.07, 6.45) is 2.99. The number of aliphatic hydroxyl groups excluding tert-OH is 1. The highest BCUT2D eigenvalue weighted by Gasteiger charge is 2.28. The number of carbonyl (C=O) groups is 1. The summed E-state index contributed by atoms with van der Waals surface area (Å²) in [7, 11) is 0. The Balaban J connectivity index is 2.16. The lowest BCUT2D eigenvalue weighted by Gasteiger charge is -2.38. The Morgan fingerprint density at radius 2 is 2.26 bits per heavy atom. The highest BCUT2D eigenvalue weighted by Crippen LogP contribution is 2.27. The van der Waals surface area contributed by atoms with Gasteiger partial charge in [-0.15, -0.1) is 0 Å². The molecule has 5 heteroatoms. The number of amides is 1. The third-order valence-corrected chi connectivity index (χ3v) is 3.81. The molecular formula is C14H21N3O2. The van der Waals surface area contributed by atoms with E-state index in [2.05, 4.69) is 16.8 Å². The van der Waals surface area contributed by atoms with Crippen molar-refractivity contribution in [3.05, 3.63) is 24.0 Å². The Labute approximate surface area is 113 Å². The molecule has 0 aliphatic carbocycles. The number of nitrogens with two attached hydrogens (primary N) is 1. The van der Waals surface area contributed by atoms with Gasteiger partial charge in [0.05, 0.1) is 29.6 Å². The van der Waals surface area contributed by atoms with E-state index < -0.39 is 6.10 Å². The van der Waals surface area contributed by atoms with Gasteiger partial charge >= 0.3 is 0 Å². The lowest BCUT2D eigenvalue weighted by Crippen LogP contribution is -2.45. The number of hydrogen-bond donors (Lipinski definition) is 2. The molecular weight excluding hydrogens is 242 g/mol. The van der Waals surface area contributed by atoms with Gasteiger partial charge in [-0.2, -0.15) is 0 Å². The van der Waals surface area contributed by atoms with E-state index in [0.717, 1.165) is 18.5 Å². The molecule has 0 radical (unpaired) electrons. The number of aliphatic hydroxyl groups is 1. The van der Waals surface area contributed by atoms with Crippen molar-refractivity contribution in [3.8, 4) is 0 Å². The van der Waals surface area contributed by atoms with Gasteiger partial charge in [-0.05, 0) is 38.8 Å². The summed E-state index contributed by atoms with van der Waals surface area (Å²) in [5.74, 6) is -0.321. The molecule has 1 fully saturated rings. The van der Waals surface area contributed by atoms with Gasteiger partial charge in [-0.3, -0.25) is 9.78 Å². The predicted molar refractivity (Wildman–Crippen MR) is 73.6 cm³/mol. The molecule has 0 aromatic carbocycles. The molecule has 2 rings (SSSR count). The number of aromatic nitrogens is 1. The summed E-state index contributed by atoms with van der Waals surface area (Å²) in [4.78, 5) is 17.7. The maximum atomic E-state index is 11.3. The van der Waals surface area contributed by atoms with Crippen molar-refractivity contribution in [3.63, 3.8) is 0 Å². The third-order valence-electron chi connectivity index (χ3n) is 3.81. The van der Waals surface area contributed by atoms with E-state index in [4.69, 9.17) is 5.73 Å². The lowest BCUT2D eigenvalue weighted by molar-refractivity contribution is -0.122. The molecule has 1 aliphatic rings. The van der Waals surface area contributed by atoms with Gasteiger partial charge in [0, 0.05) is 12.6 Å². The van der Waals surface area contributed by atoms with Crippen LogP contribution in [0.25, 0.3) is 0 Å². The standard InChI is InChI=1S/C14H21N3O2/c1-9-3-4-11(14(15)19)8-17(9)12-5-6-13(10(2)18)16-7-12/h5-7,9-11,18H,3-4,8H2,1-2H3,(H2,15,19)/t9?,10-,11?/m1/s1. The first-order chi connectivity index (χ1) is 8.99. The minimum atomic E-state index is -0.564. The van der Waals surface area contributed by atoms with Gasteiger partial charge in [-0.1, -0.05) is 0 Å². The fourth-order valence-electron chi connectivity index (χ4n) is 2.51. The van der Waals surface area contributed by atoms with E-state index in [9.17, 15) is 9.90 Å². The average molecular weight is 263 g/mol. The molecule has 104 valence electrons. The molecule has 1 aromatic heterocycles. The molecule has 2 unspecified atom stereocenters. The fraction of sp³-hybridized carbons (Fsp3) is 0.571. The van der Waals surface area contributed by atoms with Crippen LogP contribution < -0.4 is 10.6 Å². The summed E-state index contributed by atoms with van der Waals surface area (Å²) < 4.78 is 0. The molecule has 1 aliphatic heterocycles. The molecule has 2 heterocycles. The van der Waals surface area contributed by atoms with Gasteiger partial charge in [0.25, 0.3) is 0 Å². The van der Waals surface area contributed by atoms with Crippen molar-refractivity contribution in [2.45, 2.75) is 38.8 Å². The quantitative estimate of drug-likeness (QED) is 0.859. The zero-order chi connectivity index (χ0) is 14.0. The maximum absolute atomic E-state index is 11.3. The van der Waals surface area contributed by atoms with Gasteiger partial charge in [0.2, 0.25) is 5.91 Å².